The molecule has 0 radical (unpaired) electrons. The second kappa shape index (κ2) is 6.93. The Morgan fingerprint density at radius 3 is 2.61 bits per heavy atom. The molecule has 3 rings (SSSR count). The number of carbonyl (C=O) groups is 1. The van der Waals surface area contributed by atoms with Crippen molar-refractivity contribution in [1.29, 1.82) is 0 Å². The van der Waals surface area contributed by atoms with Crippen LogP contribution in [0.4, 0.5) is 5.82 Å². The molecule has 2 heterocycles. The minimum atomic E-state index is -0.370. The molecule has 2 aromatic rings. The maximum atomic E-state index is 11.9. The quantitative estimate of drug-likeness (QED) is 0.508. The molecule has 0 unspecified atom stereocenters. The number of benzene rings is 1. The molecular weight excluding hydrogens is 314 g/mol. The molecule has 1 aromatic carbocycles. The van der Waals surface area contributed by atoms with Crippen molar-refractivity contribution in [2.24, 2.45) is 5.84 Å². The zero-order valence-electron chi connectivity index (χ0n) is 12.6. The van der Waals surface area contributed by atoms with Gasteiger partial charge in [-0.05, 0) is 30.5 Å². The lowest BCUT2D eigenvalue weighted by molar-refractivity contribution is 0.0953. The summed E-state index contributed by atoms with van der Waals surface area (Å²) < 4.78 is 0. The minimum Gasteiger partial charge on any atom is -0.356 e. The molecule has 0 bridgehead atoms. The van der Waals surface area contributed by atoms with Gasteiger partial charge in [-0.3, -0.25) is 10.2 Å². The number of nitrogen functional groups attached to an aromatic ring is 1. The first-order chi connectivity index (χ1) is 11.2. The van der Waals surface area contributed by atoms with Gasteiger partial charge < -0.3 is 4.90 Å². The highest BCUT2D eigenvalue weighted by atomic mass is 35.5. The van der Waals surface area contributed by atoms with E-state index in [1.807, 2.05) is 24.3 Å². The van der Waals surface area contributed by atoms with Crippen molar-refractivity contribution in [1.82, 2.24) is 15.4 Å². The summed E-state index contributed by atoms with van der Waals surface area (Å²) in [6.45, 7) is 1.78. The predicted octanol–water partition coefficient (Wildman–Crippen LogP) is 1.92. The van der Waals surface area contributed by atoms with E-state index in [0.29, 0.717) is 28.6 Å². The summed E-state index contributed by atoms with van der Waals surface area (Å²) >= 11 is 5.90. The van der Waals surface area contributed by atoms with Crippen molar-refractivity contribution in [2.75, 3.05) is 18.0 Å². The number of anilines is 1. The third kappa shape index (κ3) is 3.60. The summed E-state index contributed by atoms with van der Waals surface area (Å²) in [5.74, 6) is 6.22. The summed E-state index contributed by atoms with van der Waals surface area (Å²) in [5, 5.41) is 0.697. The second-order valence-corrected chi connectivity index (χ2v) is 5.93. The van der Waals surface area contributed by atoms with Crippen LogP contribution in [0.15, 0.2) is 30.5 Å². The van der Waals surface area contributed by atoms with Gasteiger partial charge in [-0.2, -0.15) is 0 Å². The van der Waals surface area contributed by atoms with Crippen molar-refractivity contribution in [3.05, 3.63) is 52.4 Å². The van der Waals surface area contributed by atoms with Crippen LogP contribution in [0.2, 0.25) is 5.02 Å². The van der Waals surface area contributed by atoms with Crippen molar-refractivity contribution in [2.45, 2.75) is 19.3 Å². The fraction of sp³-hybridized carbons (Fsp3) is 0.312. The van der Waals surface area contributed by atoms with E-state index in [-0.39, 0.29) is 5.91 Å². The number of carbonyl (C=O) groups excluding carboxylic acids is 1. The van der Waals surface area contributed by atoms with E-state index in [2.05, 4.69) is 20.3 Å². The third-order valence-corrected chi connectivity index (χ3v) is 4.13. The second-order valence-electron chi connectivity index (χ2n) is 5.49. The lowest BCUT2D eigenvalue weighted by atomic mass is 10.1. The van der Waals surface area contributed by atoms with E-state index in [9.17, 15) is 4.79 Å². The van der Waals surface area contributed by atoms with Crippen molar-refractivity contribution in [3.63, 3.8) is 0 Å². The summed E-state index contributed by atoms with van der Waals surface area (Å²) in [6, 6.07) is 7.58. The molecule has 1 aliphatic rings. The van der Waals surface area contributed by atoms with Gasteiger partial charge >= 0.3 is 0 Å². The molecule has 1 fully saturated rings. The molecule has 23 heavy (non-hydrogen) atoms. The van der Waals surface area contributed by atoms with Crippen LogP contribution in [0.3, 0.4) is 0 Å². The molecule has 0 spiro atoms. The number of hydrogen-bond donors (Lipinski definition) is 2. The van der Waals surface area contributed by atoms with E-state index in [0.717, 1.165) is 31.5 Å². The highest BCUT2D eigenvalue weighted by Crippen LogP contribution is 2.23. The predicted molar refractivity (Wildman–Crippen MR) is 89.4 cm³/mol. The lowest BCUT2D eigenvalue weighted by Crippen LogP contribution is -2.33. The molecule has 120 valence electrons. The maximum absolute atomic E-state index is 11.9. The van der Waals surface area contributed by atoms with E-state index in [1.54, 1.807) is 6.20 Å². The fourth-order valence-corrected chi connectivity index (χ4v) is 2.81. The molecule has 1 aromatic heterocycles. The van der Waals surface area contributed by atoms with Gasteiger partial charge in [0.1, 0.15) is 17.2 Å². The molecule has 0 saturated carbocycles. The summed E-state index contributed by atoms with van der Waals surface area (Å²) in [4.78, 5) is 23.0. The van der Waals surface area contributed by atoms with Crippen LogP contribution < -0.4 is 16.2 Å². The van der Waals surface area contributed by atoms with E-state index in [1.165, 1.54) is 0 Å². The number of rotatable bonds is 4. The van der Waals surface area contributed by atoms with E-state index in [4.69, 9.17) is 17.4 Å². The normalized spacial score (nSPS) is 14.1. The van der Waals surface area contributed by atoms with Crippen molar-refractivity contribution in [3.8, 4) is 0 Å². The number of nitrogens with one attached hydrogen (secondary N) is 1. The molecular formula is C16H18ClN5O. The molecule has 1 amide bonds. The first-order valence-electron chi connectivity index (χ1n) is 7.53. The first-order valence-corrected chi connectivity index (χ1v) is 7.91. The Kier molecular flexibility index (Phi) is 4.73. The van der Waals surface area contributed by atoms with E-state index >= 15 is 0 Å². The smallest absolute Gasteiger partial charge is 0.270 e. The number of amides is 1. The molecule has 0 atom stereocenters. The van der Waals surface area contributed by atoms with Crippen LogP contribution >= 0.6 is 11.6 Å². The number of halogens is 1. The van der Waals surface area contributed by atoms with Crippen LogP contribution in [0.5, 0.6) is 0 Å². The Morgan fingerprint density at radius 1 is 1.26 bits per heavy atom. The average molecular weight is 332 g/mol. The van der Waals surface area contributed by atoms with Crippen LogP contribution in [0.1, 0.15) is 34.6 Å². The third-order valence-electron chi connectivity index (χ3n) is 3.88. The Hall–Kier alpha value is -2.18. The molecule has 1 saturated heterocycles. The average Bonchev–Trinajstić information content (AvgIpc) is 3.10. The van der Waals surface area contributed by atoms with Gasteiger partial charge in [-0.15, -0.1) is 0 Å². The van der Waals surface area contributed by atoms with Gasteiger partial charge in [0.05, 0.1) is 0 Å². The van der Waals surface area contributed by atoms with Gasteiger partial charge in [-0.25, -0.2) is 15.8 Å². The number of hydrazine groups is 1. The first kappa shape index (κ1) is 15.7. The lowest BCUT2D eigenvalue weighted by Gasteiger charge is -2.19. The SMILES string of the molecule is NNC(=O)c1cnc(Cc2ccc(Cl)cc2)nc1N1CCCC1. The maximum Gasteiger partial charge on any atom is 0.270 e. The van der Waals surface area contributed by atoms with Gasteiger partial charge in [0.15, 0.2) is 0 Å². The number of nitrogens with two attached hydrogens (primary N) is 1. The molecule has 1 aliphatic heterocycles. The largest absolute Gasteiger partial charge is 0.356 e. The molecule has 6 nitrogen and oxygen atoms in total. The van der Waals surface area contributed by atoms with Crippen LogP contribution in [0.25, 0.3) is 0 Å². The van der Waals surface area contributed by atoms with Crippen LogP contribution in [0, 0.1) is 0 Å². The summed E-state index contributed by atoms with van der Waals surface area (Å²) in [7, 11) is 0. The van der Waals surface area contributed by atoms with Crippen LogP contribution in [-0.4, -0.2) is 29.0 Å². The zero-order valence-corrected chi connectivity index (χ0v) is 13.4. The highest BCUT2D eigenvalue weighted by molar-refractivity contribution is 6.30. The Balaban J connectivity index is 1.91. The van der Waals surface area contributed by atoms with Crippen molar-refractivity contribution >= 4 is 23.3 Å². The fourth-order valence-electron chi connectivity index (χ4n) is 2.69. The summed E-state index contributed by atoms with van der Waals surface area (Å²) in [6.07, 6.45) is 4.33. The number of nitrogens with zero attached hydrogens (tertiary/aromatic N) is 3. The van der Waals surface area contributed by atoms with Crippen LogP contribution in [-0.2, 0) is 6.42 Å². The van der Waals surface area contributed by atoms with E-state index < -0.39 is 0 Å². The zero-order chi connectivity index (χ0) is 16.2. The Labute approximate surface area is 139 Å². The molecule has 3 N–H and O–H groups in total. The molecule has 7 heteroatoms. The number of aromatic nitrogens is 2. The minimum absolute atomic E-state index is 0.370. The number of hydrogen-bond acceptors (Lipinski definition) is 5. The highest BCUT2D eigenvalue weighted by Gasteiger charge is 2.22. The summed E-state index contributed by atoms with van der Waals surface area (Å²) in [5.41, 5.74) is 3.64. The van der Waals surface area contributed by atoms with Crippen molar-refractivity contribution < 1.29 is 4.79 Å². The molecule has 0 aliphatic carbocycles. The Morgan fingerprint density at radius 2 is 1.96 bits per heavy atom. The van der Waals surface area contributed by atoms with Gasteiger partial charge in [0, 0.05) is 30.7 Å². The van der Waals surface area contributed by atoms with Gasteiger partial charge in [0.2, 0.25) is 0 Å². The Bertz CT molecular complexity index is 698. The topological polar surface area (TPSA) is 84.1 Å². The standard InChI is InChI=1S/C16H18ClN5O/c17-12-5-3-11(4-6-12)9-14-19-10-13(16(23)21-18)15(20-14)22-7-1-2-8-22/h3-6,10H,1-2,7-9,18H2,(H,21,23). The van der Waals surface area contributed by atoms with Gasteiger partial charge in [-0.1, -0.05) is 23.7 Å². The van der Waals surface area contributed by atoms with Gasteiger partial charge in [0.25, 0.3) is 5.91 Å². The monoisotopic (exact) mass is 331 g/mol.